The van der Waals surface area contributed by atoms with E-state index in [2.05, 4.69) is 51.9 Å². The van der Waals surface area contributed by atoms with Gasteiger partial charge in [0.25, 0.3) is 11.9 Å². The number of hydrogen-bond donors (Lipinski definition) is 3. The van der Waals surface area contributed by atoms with Crippen LogP contribution in [-0.4, -0.2) is 88.3 Å². The largest absolute Gasteiger partial charge is 0.461 e. The SMILES string of the molecule is Cc1ccc(Cc2csc(-c3cccc4c3nc(OC3CC5CCC(C3)C(=O)C(NC(=O)OC(C)(C)C)CCCCCC=CC3CC3(C(=O)NS(=O)(=O)N(C)C)NC5=O)n4C(C)C)n2)cc1. The highest BCUT2D eigenvalue weighted by Gasteiger charge is 2.61. The number of para-hydroxylation sites is 1. The molecule has 0 saturated heterocycles. The standard InChI is InChI=1S/C49H65N7O8S2/c1-30(2)56-40-18-14-16-38(44-50-36(29-65-44)25-32-21-19-31(3)20-22-32)41(40)52-46(56)63-37-26-33-23-24-34(27-37)43(58)53-49(45(59)54-66(61,62)55(7)8)28-35(49)15-12-10-9-11-13-17-39(42(33)57)51-47(60)64-48(4,5)6/h12,14-16,18-22,29-30,33-35,37,39H,9-11,13,17,23-28H2,1-8H3,(H,51,60)(H,53,58)(H,54,59). The Morgan fingerprint density at radius 1 is 1.00 bits per heavy atom. The van der Waals surface area contributed by atoms with E-state index in [1.165, 1.54) is 25.2 Å². The molecule has 6 atom stereocenters. The Hall–Kier alpha value is -5.13. The number of ketones is 1. The minimum atomic E-state index is -4.15. The minimum absolute atomic E-state index is 0.0893. The molecular formula is C49H65N7O8S2. The van der Waals surface area contributed by atoms with Gasteiger partial charge in [-0.1, -0.05) is 60.9 Å². The van der Waals surface area contributed by atoms with Crippen molar-refractivity contribution in [2.75, 3.05) is 14.1 Å². The molecule has 2 aromatic heterocycles. The number of aromatic nitrogens is 3. The molecule has 15 nitrogen and oxygen atoms in total. The number of nitrogens with zero attached hydrogens (tertiary/aromatic N) is 4. The number of nitrogens with one attached hydrogen (secondary N) is 3. The van der Waals surface area contributed by atoms with Crippen molar-refractivity contribution in [3.63, 3.8) is 0 Å². The first kappa shape index (κ1) is 48.8. The normalized spacial score (nSPS) is 24.4. The molecule has 2 saturated carbocycles. The van der Waals surface area contributed by atoms with Crippen LogP contribution in [0.3, 0.4) is 0 Å². The maximum Gasteiger partial charge on any atom is 0.408 e. The molecule has 2 aromatic carbocycles. The van der Waals surface area contributed by atoms with E-state index in [0.29, 0.717) is 43.6 Å². The zero-order valence-electron chi connectivity index (χ0n) is 39.4. The number of hydrogen-bond acceptors (Lipinski definition) is 11. The van der Waals surface area contributed by atoms with Crippen LogP contribution in [0, 0.1) is 24.7 Å². The number of allylic oxidation sites excluding steroid dienone is 1. The predicted octanol–water partition coefficient (Wildman–Crippen LogP) is 7.97. The summed E-state index contributed by atoms with van der Waals surface area (Å²) >= 11 is 1.56. The van der Waals surface area contributed by atoms with Gasteiger partial charge in [0, 0.05) is 55.3 Å². The number of alkyl carbamates (subject to hydrolysis) is 1. The number of Topliss-reactive ketones (excluding diaryl/α,β-unsaturated/α-hetero) is 1. The summed E-state index contributed by atoms with van der Waals surface area (Å²) in [6.07, 6.45) is 7.79. The van der Waals surface area contributed by atoms with Gasteiger partial charge in [0.1, 0.15) is 27.8 Å². The van der Waals surface area contributed by atoms with Crippen LogP contribution in [-0.2, 0) is 35.8 Å². The van der Waals surface area contributed by atoms with Crippen LogP contribution in [0.4, 0.5) is 4.79 Å². The lowest BCUT2D eigenvalue weighted by Crippen LogP contribution is -2.54. The number of imidazole rings is 1. The molecule has 17 heteroatoms. The van der Waals surface area contributed by atoms with E-state index in [1.807, 2.05) is 48.8 Å². The van der Waals surface area contributed by atoms with Gasteiger partial charge in [0.2, 0.25) is 5.91 Å². The van der Waals surface area contributed by atoms with Gasteiger partial charge < -0.3 is 20.1 Å². The molecular weight excluding hydrogens is 879 g/mol. The lowest BCUT2D eigenvalue weighted by atomic mass is 9.88. The summed E-state index contributed by atoms with van der Waals surface area (Å²) < 4.78 is 43.4. The van der Waals surface area contributed by atoms with E-state index in [4.69, 9.17) is 19.4 Å². The number of fused-ring (bicyclic) bond motifs is 5. The second-order valence-corrected chi connectivity index (χ2v) is 22.4. The summed E-state index contributed by atoms with van der Waals surface area (Å²) in [5.74, 6) is -3.11. The molecule has 6 unspecified atom stereocenters. The van der Waals surface area contributed by atoms with Crippen molar-refractivity contribution in [3.05, 3.63) is 76.8 Å². The Morgan fingerprint density at radius 2 is 1.73 bits per heavy atom. The molecule has 0 spiro atoms. The third-order valence-electron chi connectivity index (χ3n) is 12.7. The maximum absolute atomic E-state index is 14.7. The van der Waals surface area contributed by atoms with Crippen molar-refractivity contribution in [1.29, 1.82) is 0 Å². The summed E-state index contributed by atoms with van der Waals surface area (Å²) in [6.45, 7) is 11.5. The van der Waals surface area contributed by atoms with Crippen LogP contribution in [0.2, 0.25) is 0 Å². The van der Waals surface area contributed by atoms with Crippen molar-refractivity contribution < 1.29 is 37.1 Å². The molecule has 3 N–H and O–H groups in total. The smallest absolute Gasteiger partial charge is 0.408 e. The van der Waals surface area contributed by atoms with E-state index in [-0.39, 0.29) is 37.5 Å². The Bertz CT molecular complexity index is 2560. The van der Waals surface area contributed by atoms with Gasteiger partial charge >= 0.3 is 16.3 Å². The first-order chi connectivity index (χ1) is 31.2. The molecule has 2 bridgehead atoms. The summed E-state index contributed by atoms with van der Waals surface area (Å²) in [6, 6.07) is 13.9. The van der Waals surface area contributed by atoms with Crippen molar-refractivity contribution in [2.24, 2.45) is 17.8 Å². The van der Waals surface area contributed by atoms with Gasteiger partial charge in [-0.25, -0.2) is 14.5 Å². The molecule has 3 amide bonds. The summed E-state index contributed by atoms with van der Waals surface area (Å²) in [5.41, 5.74) is 3.51. The van der Waals surface area contributed by atoms with Gasteiger partial charge in [-0.15, -0.1) is 11.3 Å². The summed E-state index contributed by atoms with van der Waals surface area (Å²) in [4.78, 5) is 66.5. The zero-order valence-corrected chi connectivity index (χ0v) is 41.0. The number of rotatable bonds is 10. The lowest BCUT2D eigenvalue weighted by molar-refractivity contribution is -0.132. The van der Waals surface area contributed by atoms with E-state index < -0.39 is 69.2 Å². The van der Waals surface area contributed by atoms with Gasteiger partial charge in [-0.2, -0.15) is 17.7 Å². The highest BCUT2D eigenvalue weighted by atomic mass is 32.2. The fourth-order valence-corrected chi connectivity index (χ4v) is 10.5. The summed E-state index contributed by atoms with van der Waals surface area (Å²) in [5, 5.41) is 8.79. The molecule has 356 valence electrons. The molecule has 3 heterocycles. The first-order valence-corrected chi connectivity index (χ1v) is 25.5. The Balaban J connectivity index is 1.23. The maximum atomic E-state index is 14.7. The Labute approximate surface area is 392 Å². The van der Waals surface area contributed by atoms with Crippen LogP contribution < -0.4 is 20.1 Å². The summed E-state index contributed by atoms with van der Waals surface area (Å²) in [7, 11) is -1.50. The van der Waals surface area contributed by atoms with Crippen LogP contribution >= 0.6 is 11.3 Å². The average molecular weight is 944 g/mol. The zero-order chi connectivity index (χ0) is 47.6. The number of thiazole rings is 1. The molecule has 66 heavy (non-hydrogen) atoms. The molecule has 7 rings (SSSR count). The lowest BCUT2D eigenvalue weighted by Gasteiger charge is -2.27. The number of aryl methyl sites for hydroxylation is 1. The van der Waals surface area contributed by atoms with Crippen molar-refractivity contribution >= 4 is 56.3 Å². The van der Waals surface area contributed by atoms with Crippen LogP contribution in [0.15, 0.2) is 60.0 Å². The monoisotopic (exact) mass is 943 g/mol. The molecule has 4 aromatic rings. The Kier molecular flexibility index (Phi) is 14.8. The molecule has 1 aliphatic heterocycles. The van der Waals surface area contributed by atoms with Crippen molar-refractivity contribution in [1.82, 2.24) is 34.2 Å². The van der Waals surface area contributed by atoms with Gasteiger partial charge in [-0.05, 0) is 111 Å². The third-order valence-corrected chi connectivity index (χ3v) is 15.1. The topological polar surface area (TPSA) is 191 Å². The second-order valence-electron chi connectivity index (χ2n) is 19.7. The highest BCUT2D eigenvalue weighted by molar-refractivity contribution is 7.87. The fraction of sp³-hybridized carbons (Fsp3) is 0.551. The highest BCUT2D eigenvalue weighted by Crippen LogP contribution is 2.46. The number of carbonyl (C=O) groups is 4. The van der Waals surface area contributed by atoms with Crippen LogP contribution in [0.1, 0.15) is 122 Å². The van der Waals surface area contributed by atoms with E-state index in [1.54, 1.807) is 32.1 Å². The number of benzene rings is 2. The fourth-order valence-electron chi connectivity index (χ4n) is 9.06. The van der Waals surface area contributed by atoms with Gasteiger partial charge in [-0.3, -0.25) is 19.0 Å². The van der Waals surface area contributed by atoms with Gasteiger partial charge in [0.15, 0.2) is 5.78 Å². The minimum Gasteiger partial charge on any atom is -0.461 e. The molecule has 2 aliphatic carbocycles. The van der Waals surface area contributed by atoms with E-state index in [0.717, 1.165) is 38.9 Å². The van der Waals surface area contributed by atoms with E-state index >= 15 is 0 Å². The number of ether oxygens (including phenoxy) is 2. The molecule has 3 aliphatic rings. The van der Waals surface area contributed by atoms with Crippen LogP contribution in [0.25, 0.3) is 21.6 Å². The third kappa shape index (κ3) is 11.5. The average Bonchev–Trinajstić information content (AvgIpc) is 3.61. The van der Waals surface area contributed by atoms with Crippen LogP contribution in [0.5, 0.6) is 6.01 Å². The molecule has 2 fully saturated rings. The first-order valence-electron chi connectivity index (χ1n) is 23.2. The van der Waals surface area contributed by atoms with Gasteiger partial charge in [0.05, 0.1) is 17.3 Å². The van der Waals surface area contributed by atoms with E-state index in [9.17, 15) is 27.6 Å². The number of amides is 3. The predicted molar refractivity (Wildman–Crippen MR) is 255 cm³/mol. The number of carbonyl (C=O) groups excluding carboxylic acids is 4. The van der Waals surface area contributed by atoms with Crippen molar-refractivity contribution in [2.45, 2.75) is 141 Å². The Morgan fingerprint density at radius 3 is 2.44 bits per heavy atom. The quantitative estimate of drug-likeness (QED) is 0.132. The second kappa shape index (κ2) is 20.0. The van der Waals surface area contributed by atoms with Crippen molar-refractivity contribution in [3.8, 4) is 16.6 Å². The molecule has 0 radical (unpaired) electrons.